The highest BCUT2D eigenvalue weighted by Gasteiger charge is 1.95. The van der Waals surface area contributed by atoms with E-state index in [1.165, 1.54) is 4.90 Å². The van der Waals surface area contributed by atoms with Crippen LogP contribution in [0.4, 0.5) is 0 Å². The molecule has 3 heteroatoms. The number of nitrogens with zero attached hydrogens (tertiary/aromatic N) is 1. The van der Waals surface area contributed by atoms with E-state index in [1.807, 2.05) is 49.9 Å². The highest BCUT2D eigenvalue weighted by Crippen LogP contribution is 2.17. The zero-order valence-electron chi connectivity index (χ0n) is 10.6. The lowest BCUT2D eigenvalue weighted by Gasteiger charge is -2.08. The molecule has 0 aliphatic rings. The van der Waals surface area contributed by atoms with Crippen LogP contribution in [0.25, 0.3) is 0 Å². The molecule has 0 aromatic heterocycles. The van der Waals surface area contributed by atoms with Gasteiger partial charge in [-0.15, -0.1) is 11.8 Å². The van der Waals surface area contributed by atoms with Crippen LogP contribution in [0.5, 0.6) is 0 Å². The van der Waals surface area contributed by atoms with Gasteiger partial charge in [0.25, 0.3) is 0 Å². The van der Waals surface area contributed by atoms with Crippen molar-refractivity contribution in [2.45, 2.75) is 18.7 Å². The van der Waals surface area contributed by atoms with Gasteiger partial charge >= 0.3 is 0 Å². The lowest BCUT2D eigenvalue weighted by atomic mass is 10.2. The Morgan fingerprint density at radius 3 is 2.19 bits per heavy atom. The van der Waals surface area contributed by atoms with Gasteiger partial charge < -0.3 is 4.90 Å². The molecule has 0 heterocycles. The minimum Gasteiger partial charge on any atom is -0.309 e. The van der Waals surface area contributed by atoms with E-state index >= 15 is 0 Å². The Balaban J connectivity index is 0.00000106. The summed E-state index contributed by atoms with van der Waals surface area (Å²) in [5.41, 5.74) is 0.738. The predicted octanol–water partition coefficient (Wildman–Crippen LogP) is 3.18. The molecule has 0 amide bonds. The van der Waals surface area contributed by atoms with Crippen LogP contribution in [0, 0.1) is 0 Å². The number of rotatable bonds is 5. The monoisotopic (exact) mass is 239 g/mol. The highest BCUT2D eigenvalue weighted by atomic mass is 32.2. The maximum Gasteiger partial charge on any atom is 0.150 e. The normalized spacial score (nSPS) is 9.56. The fourth-order valence-corrected chi connectivity index (χ4v) is 2.01. The standard InChI is InChI=1S/C11H15NOS.C2H6/c1-12(2)7-8-14-11-5-3-10(9-13)4-6-11;1-2/h3-6,9H,7-8H2,1-2H3;1-2H3. The Bertz CT molecular complexity index is 282. The summed E-state index contributed by atoms with van der Waals surface area (Å²) in [6.07, 6.45) is 0.869. The van der Waals surface area contributed by atoms with Gasteiger partial charge in [0.2, 0.25) is 0 Å². The van der Waals surface area contributed by atoms with Crippen LogP contribution in [-0.4, -0.2) is 37.6 Å². The molecule has 90 valence electrons. The van der Waals surface area contributed by atoms with Crippen molar-refractivity contribution in [2.75, 3.05) is 26.4 Å². The lowest BCUT2D eigenvalue weighted by Crippen LogP contribution is -2.14. The molecule has 16 heavy (non-hydrogen) atoms. The molecule has 1 aromatic rings. The second kappa shape index (κ2) is 9.43. The molecule has 1 rings (SSSR count). The molecule has 1 aromatic carbocycles. The summed E-state index contributed by atoms with van der Waals surface area (Å²) in [5.74, 6) is 1.08. The number of benzene rings is 1. The van der Waals surface area contributed by atoms with Crippen LogP contribution in [0.15, 0.2) is 29.2 Å². The SMILES string of the molecule is CC.CN(C)CCSc1ccc(C=O)cc1. The van der Waals surface area contributed by atoms with E-state index < -0.39 is 0 Å². The van der Waals surface area contributed by atoms with Gasteiger partial charge in [-0.05, 0) is 26.2 Å². The van der Waals surface area contributed by atoms with Crippen LogP contribution in [0.3, 0.4) is 0 Å². The fourth-order valence-electron chi connectivity index (χ4n) is 0.989. The van der Waals surface area contributed by atoms with Crippen molar-refractivity contribution in [1.82, 2.24) is 4.90 Å². The first-order valence-corrected chi connectivity index (χ1v) is 6.53. The Labute approximate surface area is 103 Å². The van der Waals surface area contributed by atoms with Gasteiger partial charge in [0.15, 0.2) is 0 Å². The molecule has 0 spiro atoms. The number of hydrogen-bond donors (Lipinski definition) is 0. The largest absolute Gasteiger partial charge is 0.309 e. The van der Waals surface area contributed by atoms with Crippen molar-refractivity contribution in [3.05, 3.63) is 29.8 Å². The molecule has 2 nitrogen and oxygen atoms in total. The predicted molar refractivity (Wildman–Crippen MR) is 72.5 cm³/mol. The number of aldehydes is 1. The van der Waals surface area contributed by atoms with Crippen molar-refractivity contribution in [1.29, 1.82) is 0 Å². The molecule has 0 aliphatic carbocycles. The fraction of sp³-hybridized carbons (Fsp3) is 0.462. The van der Waals surface area contributed by atoms with Crippen LogP contribution < -0.4 is 0 Å². The van der Waals surface area contributed by atoms with E-state index in [1.54, 1.807) is 0 Å². The number of carbonyl (C=O) groups excluding carboxylic acids is 1. The number of hydrogen-bond acceptors (Lipinski definition) is 3. The summed E-state index contributed by atoms with van der Waals surface area (Å²) in [5, 5.41) is 0. The van der Waals surface area contributed by atoms with Gasteiger partial charge in [-0.1, -0.05) is 26.0 Å². The van der Waals surface area contributed by atoms with E-state index in [2.05, 4.69) is 19.0 Å². The molecule has 0 saturated carbocycles. The zero-order valence-corrected chi connectivity index (χ0v) is 11.4. The second-order valence-corrected chi connectivity index (χ2v) is 4.51. The minimum absolute atomic E-state index is 0.738. The molecule has 0 bridgehead atoms. The molecular weight excluding hydrogens is 218 g/mol. The molecule has 0 saturated heterocycles. The van der Waals surface area contributed by atoms with Crippen LogP contribution in [-0.2, 0) is 0 Å². The minimum atomic E-state index is 0.738. The Hall–Kier alpha value is -0.800. The van der Waals surface area contributed by atoms with E-state index in [4.69, 9.17) is 0 Å². The van der Waals surface area contributed by atoms with E-state index in [0.717, 1.165) is 24.1 Å². The van der Waals surface area contributed by atoms with Crippen LogP contribution in [0.2, 0.25) is 0 Å². The van der Waals surface area contributed by atoms with Gasteiger partial charge in [-0.3, -0.25) is 4.79 Å². The molecule has 0 radical (unpaired) electrons. The number of carbonyl (C=O) groups is 1. The third-order valence-electron chi connectivity index (χ3n) is 1.82. The molecule has 0 fully saturated rings. The zero-order chi connectivity index (χ0) is 12.4. The maximum absolute atomic E-state index is 10.4. The van der Waals surface area contributed by atoms with Crippen LogP contribution in [0.1, 0.15) is 24.2 Å². The highest BCUT2D eigenvalue weighted by molar-refractivity contribution is 7.99. The van der Waals surface area contributed by atoms with Gasteiger partial charge in [-0.25, -0.2) is 0 Å². The van der Waals surface area contributed by atoms with Crippen molar-refractivity contribution >= 4 is 18.0 Å². The van der Waals surface area contributed by atoms with E-state index in [-0.39, 0.29) is 0 Å². The Morgan fingerprint density at radius 2 is 1.75 bits per heavy atom. The van der Waals surface area contributed by atoms with Gasteiger partial charge in [0.1, 0.15) is 6.29 Å². The van der Waals surface area contributed by atoms with Gasteiger partial charge in [0, 0.05) is 22.8 Å². The summed E-state index contributed by atoms with van der Waals surface area (Å²) in [6, 6.07) is 7.68. The van der Waals surface area contributed by atoms with E-state index in [0.29, 0.717) is 0 Å². The van der Waals surface area contributed by atoms with Crippen molar-refractivity contribution in [3.8, 4) is 0 Å². The topological polar surface area (TPSA) is 20.3 Å². The summed E-state index contributed by atoms with van der Waals surface area (Å²) < 4.78 is 0. The Morgan fingerprint density at radius 1 is 1.19 bits per heavy atom. The first-order chi connectivity index (χ1) is 7.72. The van der Waals surface area contributed by atoms with Crippen molar-refractivity contribution in [3.63, 3.8) is 0 Å². The second-order valence-electron chi connectivity index (χ2n) is 3.34. The summed E-state index contributed by atoms with van der Waals surface area (Å²) in [4.78, 5) is 13.8. The summed E-state index contributed by atoms with van der Waals surface area (Å²) in [6.45, 7) is 5.07. The smallest absolute Gasteiger partial charge is 0.150 e. The molecule has 0 N–H and O–H groups in total. The third-order valence-corrected chi connectivity index (χ3v) is 2.82. The number of thioether (sulfide) groups is 1. The van der Waals surface area contributed by atoms with Crippen molar-refractivity contribution in [2.24, 2.45) is 0 Å². The first kappa shape index (κ1) is 15.2. The van der Waals surface area contributed by atoms with Crippen molar-refractivity contribution < 1.29 is 4.79 Å². The average Bonchev–Trinajstić information content (AvgIpc) is 2.32. The Kier molecular flexibility index (Phi) is 8.96. The summed E-state index contributed by atoms with van der Waals surface area (Å²) >= 11 is 1.81. The molecule has 0 unspecified atom stereocenters. The first-order valence-electron chi connectivity index (χ1n) is 5.55. The summed E-state index contributed by atoms with van der Waals surface area (Å²) in [7, 11) is 4.13. The third kappa shape index (κ3) is 6.64. The molecule has 0 aliphatic heterocycles. The molecule has 0 atom stereocenters. The quantitative estimate of drug-likeness (QED) is 0.581. The van der Waals surface area contributed by atoms with Gasteiger partial charge in [0.05, 0.1) is 0 Å². The van der Waals surface area contributed by atoms with Crippen LogP contribution >= 0.6 is 11.8 Å². The lowest BCUT2D eigenvalue weighted by molar-refractivity contribution is 0.112. The average molecular weight is 239 g/mol. The van der Waals surface area contributed by atoms with Gasteiger partial charge in [-0.2, -0.15) is 0 Å². The molecular formula is C13H21NOS. The maximum atomic E-state index is 10.4. The van der Waals surface area contributed by atoms with E-state index in [9.17, 15) is 4.79 Å².